The van der Waals surface area contributed by atoms with E-state index in [1.54, 1.807) is 0 Å². The van der Waals surface area contributed by atoms with Gasteiger partial charge in [-0.05, 0) is 25.2 Å². The molecule has 4 nitrogen and oxygen atoms in total. The highest BCUT2D eigenvalue weighted by atomic mass is 16.4. The second-order valence-electron chi connectivity index (χ2n) is 4.80. The smallest absolute Gasteiger partial charge is 0.308 e. The molecule has 0 radical (unpaired) electrons. The summed E-state index contributed by atoms with van der Waals surface area (Å²) in [6.07, 6.45) is 2.55. The first kappa shape index (κ1) is 12.5. The third-order valence-corrected chi connectivity index (χ3v) is 3.02. The SMILES string of the molecule is CC(C)CC(CO)NC1CCC1C(=O)O. The monoisotopic (exact) mass is 215 g/mol. The van der Waals surface area contributed by atoms with Gasteiger partial charge in [0, 0.05) is 12.1 Å². The van der Waals surface area contributed by atoms with Gasteiger partial charge in [-0.3, -0.25) is 4.79 Å². The fourth-order valence-electron chi connectivity index (χ4n) is 2.06. The average molecular weight is 215 g/mol. The molecule has 3 unspecified atom stereocenters. The van der Waals surface area contributed by atoms with Crippen molar-refractivity contribution in [1.82, 2.24) is 5.32 Å². The van der Waals surface area contributed by atoms with Gasteiger partial charge in [0.05, 0.1) is 12.5 Å². The van der Waals surface area contributed by atoms with E-state index >= 15 is 0 Å². The minimum atomic E-state index is -0.722. The minimum absolute atomic E-state index is 0.0390. The van der Waals surface area contributed by atoms with Gasteiger partial charge in [0.1, 0.15) is 0 Å². The predicted octanol–water partition coefficient (Wildman–Crippen LogP) is 0.846. The van der Waals surface area contributed by atoms with Gasteiger partial charge < -0.3 is 15.5 Å². The largest absolute Gasteiger partial charge is 0.481 e. The number of carbonyl (C=O) groups is 1. The van der Waals surface area contributed by atoms with E-state index in [0.717, 1.165) is 19.3 Å². The highest BCUT2D eigenvalue weighted by molar-refractivity contribution is 5.72. The van der Waals surface area contributed by atoms with Gasteiger partial charge in [0.2, 0.25) is 0 Å². The first-order valence-corrected chi connectivity index (χ1v) is 5.64. The highest BCUT2D eigenvalue weighted by Crippen LogP contribution is 2.28. The number of aliphatic carboxylic acids is 1. The molecule has 0 amide bonds. The van der Waals surface area contributed by atoms with Crippen LogP contribution in [0.25, 0.3) is 0 Å². The van der Waals surface area contributed by atoms with Crippen LogP contribution in [-0.4, -0.2) is 34.9 Å². The summed E-state index contributed by atoms with van der Waals surface area (Å²) in [5.41, 5.74) is 0. The van der Waals surface area contributed by atoms with E-state index < -0.39 is 5.97 Å². The molecule has 88 valence electrons. The normalized spacial score (nSPS) is 27.5. The Kier molecular flexibility index (Phi) is 4.54. The van der Waals surface area contributed by atoms with Crippen molar-refractivity contribution in [2.45, 2.75) is 45.2 Å². The molecule has 0 aromatic carbocycles. The summed E-state index contributed by atoms with van der Waals surface area (Å²) >= 11 is 0. The Labute approximate surface area is 90.7 Å². The molecule has 0 bridgehead atoms. The lowest BCUT2D eigenvalue weighted by atomic mass is 9.79. The third-order valence-electron chi connectivity index (χ3n) is 3.02. The van der Waals surface area contributed by atoms with Gasteiger partial charge in [-0.25, -0.2) is 0 Å². The molecule has 1 aliphatic carbocycles. The van der Waals surface area contributed by atoms with Gasteiger partial charge >= 0.3 is 5.97 Å². The Morgan fingerprint density at radius 1 is 1.47 bits per heavy atom. The quantitative estimate of drug-likeness (QED) is 0.614. The molecule has 0 saturated heterocycles. The third kappa shape index (κ3) is 3.47. The summed E-state index contributed by atoms with van der Waals surface area (Å²) in [7, 11) is 0. The van der Waals surface area contributed by atoms with Crippen LogP contribution in [0.4, 0.5) is 0 Å². The Morgan fingerprint density at radius 2 is 2.13 bits per heavy atom. The van der Waals surface area contributed by atoms with Crippen LogP contribution in [0.2, 0.25) is 0 Å². The Balaban J connectivity index is 2.35. The second-order valence-corrected chi connectivity index (χ2v) is 4.80. The zero-order valence-corrected chi connectivity index (χ0v) is 9.44. The standard InChI is InChI=1S/C11H21NO3/c1-7(2)5-8(6-13)12-10-4-3-9(10)11(14)15/h7-10,12-13H,3-6H2,1-2H3,(H,14,15). The van der Waals surface area contributed by atoms with E-state index in [4.69, 9.17) is 10.2 Å². The first-order chi connectivity index (χ1) is 7.04. The van der Waals surface area contributed by atoms with Crippen molar-refractivity contribution in [3.05, 3.63) is 0 Å². The second kappa shape index (κ2) is 5.47. The molecule has 1 rings (SSSR count). The molecule has 0 aromatic heterocycles. The van der Waals surface area contributed by atoms with Crippen LogP contribution in [0.1, 0.15) is 33.1 Å². The molecule has 0 aliphatic heterocycles. The van der Waals surface area contributed by atoms with Gasteiger partial charge in [-0.15, -0.1) is 0 Å². The van der Waals surface area contributed by atoms with Crippen LogP contribution in [-0.2, 0) is 4.79 Å². The van der Waals surface area contributed by atoms with Crippen molar-refractivity contribution in [2.24, 2.45) is 11.8 Å². The Hall–Kier alpha value is -0.610. The number of carboxylic acids is 1. The summed E-state index contributed by atoms with van der Waals surface area (Å²) in [4.78, 5) is 10.8. The molecule has 3 atom stereocenters. The van der Waals surface area contributed by atoms with Crippen LogP contribution >= 0.6 is 0 Å². The number of rotatable bonds is 6. The molecule has 0 aromatic rings. The molecule has 3 N–H and O–H groups in total. The van der Waals surface area contributed by atoms with Gasteiger partial charge in [-0.2, -0.15) is 0 Å². The fraction of sp³-hybridized carbons (Fsp3) is 0.909. The van der Waals surface area contributed by atoms with Crippen LogP contribution in [0.15, 0.2) is 0 Å². The summed E-state index contributed by atoms with van der Waals surface area (Å²) in [6.45, 7) is 4.28. The maximum absolute atomic E-state index is 10.8. The zero-order chi connectivity index (χ0) is 11.4. The van der Waals surface area contributed by atoms with Crippen molar-refractivity contribution in [1.29, 1.82) is 0 Å². The maximum atomic E-state index is 10.8. The van der Waals surface area contributed by atoms with E-state index in [1.807, 2.05) is 0 Å². The van der Waals surface area contributed by atoms with E-state index in [1.165, 1.54) is 0 Å². The topological polar surface area (TPSA) is 69.6 Å². The molecule has 4 heteroatoms. The fourth-order valence-corrected chi connectivity index (χ4v) is 2.06. The van der Waals surface area contributed by atoms with Crippen molar-refractivity contribution in [3.63, 3.8) is 0 Å². The van der Waals surface area contributed by atoms with Crippen LogP contribution < -0.4 is 5.32 Å². The van der Waals surface area contributed by atoms with Crippen molar-refractivity contribution in [2.75, 3.05) is 6.61 Å². The van der Waals surface area contributed by atoms with Crippen molar-refractivity contribution >= 4 is 5.97 Å². The minimum Gasteiger partial charge on any atom is -0.481 e. The predicted molar refractivity (Wildman–Crippen MR) is 57.6 cm³/mol. The molecular formula is C11H21NO3. The molecule has 0 spiro atoms. The number of aliphatic hydroxyl groups excluding tert-OH is 1. The molecule has 15 heavy (non-hydrogen) atoms. The van der Waals surface area contributed by atoms with Crippen LogP contribution in [0.3, 0.4) is 0 Å². The average Bonchev–Trinajstić information content (AvgIpc) is 2.08. The number of hydrogen-bond donors (Lipinski definition) is 3. The first-order valence-electron chi connectivity index (χ1n) is 5.64. The highest BCUT2D eigenvalue weighted by Gasteiger charge is 2.37. The Morgan fingerprint density at radius 3 is 2.47 bits per heavy atom. The van der Waals surface area contributed by atoms with E-state index in [0.29, 0.717) is 5.92 Å². The van der Waals surface area contributed by atoms with Gasteiger partial charge in [0.15, 0.2) is 0 Å². The lowest BCUT2D eigenvalue weighted by molar-refractivity contribution is -0.146. The summed E-state index contributed by atoms with van der Waals surface area (Å²) in [5.74, 6) is -0.468. The number of carboxylic acid groups (broad SMARTS) is 1. The van der Waals surface area contributed by atoms with Crippen LogP contribution in [0, 0.1) is 11.8 Å². The summed E-state index contributed by atoms with van der Waals surface area (Å²) < 4.78 is 0. The molecule has 1 saturated carbocycles. The zero-order valence-electron chi connectivity index (χ0n) is 9.44. The molecular weight excluding hydrogens is 194 g/mol. The van der Waals surface area contributed by atoms with E-state index in [-0.39, 0.29) is 24.6 Å². The maximum Gasteiger partial charge on any atom is 0.308 e. The molecule has 1 fully saturated rings. The number of hydrogen-bond acceptors (Lipinski definition) is 3. The summed E-state index contributed by atoms with van der Waals surface area (Å²) in [5, 5.41) is 21.3. The Bertz CT molecular complexity index is 218. The van der Waals surface area contributed by atoms with Gasteiger partial charge in [-0.1, -0.05) is 13.8 Å². The van der Waals surface area contributed by atoms with Crippen LogP contribution in [0.5, 0.6) is 0 Å². The molecule has 0 heterocycles. The summed E-state index contributed by atoms with van der Waals surface area (Å²) in [6, 6.07) is 0.0931. The molecule has 1 aliphatic rings. The van der Waals surface area contributed by atoms with Crippen molar-refractivity contribution in [3.8, 4) is 0 Å². The van der Waals surface area contributed by atoms with E-state index in [2.05, 4.69) is 19.2 Å². The number of nitrogens with one attached hydrogen (secondary N) is 1. The van der Waals surface area contributed by atoms with Gasteiger partial charge in [0.25, 0.3) is 0 Å². The lowest BCUT2D eigenvalue weighted by Crippen LogP contribution is -2.52. The lowest BCUT2D eigenvalue weighted by Gasteiger charge is -2.37. The number of aliphatic hydroxyl groups is 1. The van der Waals surface area contributed by atoms with Crippen molar-refractivity contribution < 1.29 is 15.0 Å². The van der Waals surface area contributed by atoms with E-state index in [9.17, 15) is 4.79 Å².